The first-order valence-electron chi connectivity index (χ1n) is 9.83. The molecule has 3 heteroatoms. The zero-order valence-corrected chi connectivity index (χ0v) is 14.8. The number of fused-ring (bicyclic) bond motifs is 1. The van der Waals surface area contributed by atoms with E-state index in [2.05, 4.69) is 51.7 Å². The molecule has 24 heavy (non-hydrogen) atoms. The molecule has 0 atom stereocenters. The van der Waals surface area contributed by atoms with Gasteiger partial charge in [-0.1, -0.05) is 18.2 Å². The largest absolute Gasteiger partial charge is 0.347 e. The van der Waals surface area contributed by atoms with Crippen LogP contribution < -0.4 is 10.6 Å². The molecule has 0 unspecified atom stereocenters. The molecule has 1 aliphatic carbocycles. The Morgan fingerprint density at radius 1 is 1.04 bits per heavy atom. The van der Waals surface area contributed by atoms with E-state index >= 15 is 0 Å². The van der Waals surface area contributed by atoms with E-state index in [9.17, 15) is 0 Å². The maximum absolute atomic E-state index is 3.83. The standard InChI is InChI=1S/C21H31N3/c1-2-5-20-18(4-1)8-17-24(20)16-3-13-23-19-6-9-21(10-7-19)11-14-22-15-12-21/h1-2,4-5,8,17,19,22-23H,3,6-7,9-16H2. The Hall–Kier alpha value is -1.32. The molecule has 2 N–H and O–H groups in total. The second kappa shape index (κ2) is 7.28. The van der Waals surface area contributed by atoms with Gasteiger partial charge in [0.2, 0.25) is 0 Å². The molecule has 1 saturated carbocycles. The van der Waals surface area contributed by atoms with Crippen molar-refractivity contribution < 1.29 is 0 Å². The summed E-state index contributed by atoms with van der Waals surface area (Å²) in [6, 6.07) is 11.7. The quantitative estimate of drug-likeness (QED) is 0.816. The summed E-state index contributed by atoms with van der Waals surface area (Å²) in [4.78, 5) is 0. The van der Waals surface area contributed by atoms with Gasteiger partial charge in [-0.2, -0.15) is 0 Å². The highest BCUT2D eigenvalue weighted by atomic mass is 15.0. The van der Waals surface area contributed by atoms with E-state index < -0.39 is 0 Å². The van der Waals surface area contributed by atoms with Crippen LogP contribution in [0.1, 0.15) is 44.9 Å². The Morgan fingerprint density at radius 3 is 2.67 bits per heavy atom. The number of hydrogen-bond donors (Lipinski definition) is 2. The van der Waals surface area contributed by atoms with Crippen LogP contribution in [0.5, 0.6) is 0 Å². The third kappa shape index (κ3) is 3.52. The van der Waals surface area contributed by atoms with Crippen LogP contribution in [0.2, 0.25) is 0 Å². The molecular formula is C21H31N3. The lowest BCUT2D eigenvalue weighted by Gasteiger charge is -2.43. The van der Waals surface area contributed by atoms with Crippen LogP contribution in [0.4, 0.5) is 0 Å². The van der Waals surface area contributed by atoms with Gasteiger partial charge in [-0.15, -0.1) is 0 Å². The Morgan fingerprint density at radius 2 is 1.83 bits per heavy atom. The number of benzene rings is 1. The smallest absolute Gasteiger partial charge is 0.0480 e. The van der Waals surface area contributed by atoms with Crippen LogP contribution in [0, 0.1) is 5.41 Å². The average Bonchev–Trinajstić information content (AvgIpc) is 3.04. The molecule has 1 aromatic heterocycles. The van der Waals surface area contributed by atoms with Crippen LogP contribution >= 0.6 is 0 Å². The molecule has 2 aromatic rings. The van der Waals surface area contributed by atoms with Crippen LogP contribution in [-0.4, -0.2) is 30.2 Å². The second-order valence-electron chi connectivity index (χ2n) is 7.90. The molecule has 1 aromatic carbocycles. The van der Waals surface area contributed by atoms with Gasteiger partial charge in [0, 0.05) is 24.3 Å². The van der Waals surface area contributed by atoms with Crippen LogP contribution in [0.25, 0.3) is 10.9 Å². The van der Waals surface area contributed by atoms with Crippen molar-refractivity contribution in [3.63, 3.8) is 0 Å². The van der Waals surface area contributed by atoms with Crippen LogP contribution in [-0.2, 0) is 6.54 Å². The third-order valence-electron chi connectivity index (χ3n) is 6.40. The molecule has 130 valence electrons. The van der Waals surface area contributed by atoms with Crippen molar-refractivity contribution >= 4 is 10.9 Å². The number of aromatic nitrogens is 1. The zero-order valence-electron chi connectivity index (χ0n) is 14.8. The molecule has 2 heterocycles. The zero-order chi connectivity index (χ0) is 16.2. The number of hydrogen-bond acceptors (Lipinski definition) is 2. The van der Waals surface area contributed by atoms with Gasteiger partial charge < -0.3 is 15.2 Å². The second-order valence-corrected chi connectivity index (χ2v) is 7.90. The SMILES string of the molecule is c1ccc2c(c1)ccn2CCCNC1CCC2(CCNCC2)CC1. The molecular weight excluding hydrogens is 294 g/mol. The number of piperidine rings is 1. The van der Waals surface area contributed by atoms with Gasteiger partial charge in [-0.05, 0) is 87.5 Å². The number of nitrogens with zero attached hydrogens (tertiary/aromatic N) is 1. The summed E-state index contributed by atoms with van der Waals surface area (Å²) in [5.41, 5.74) is 2.05. The molecule has 2 aliphatic rings. The molecule has 1 aliphatic heterocycles. The molecule has 0 radical (unpaired) electrons. The molecule has 0 bridgehead atoms. The first kappa shape index (κ1) is 16.2. The van der Waals surface area contributed by atoms with E-state index in [1.165, 1.54) is 68.9 Å². The summed E-state index contributed by atoms with van der Waals surface area (Å²) < 4.78 is 2.39. The van der Waals surface area contributed by atoms with Crippen molar-refractivity contribution in [2.45, 2.75) is 57.5 Å². The lowest BCUT2D eigenvalue weighted by molar-refractivity contribution is 0.115. The highest BCUT2D eigenvalue weighted by Crippen LogP contribution is 2.43. The minimum Gasteiger partial charge on any atom is -0.347 e. The van der Waals surface area contributed by atoms with Gasteiger partial charge in [0.25, 0.3) is 0 Å². The molecule has 2 fully saturated rings. The van der Waals surface area contributed by atoms with Gasteiger partial charge in [-0.3, -0.25) is 0 Å². The van der Waals surface area contributed by atoms with Gasteiger partial charge >= 0.3 is 0 Å². The van der Waals surface area contributed by atoms with Crippen LogP contribution in [0.3, 0.4) is 0 Å². The van der Waals surface area contributed by atoms with Crippen molar-refractivity contribution in [3.05, 3.63) is 36.5 Å². The van der Waals surface area contributed by atoms with Crippen molar-refractivity contribution in [1.82, 2.24) is 15.2 Å². The lowest BCUT2D eigenvalue weighted by atomic mass is 9.67. The average molecular weight is 326 g/mol. The fourth-order valence-corrected chi connectivity index (χ4v) is 4.78. The fourth-order valence-electron chi connectivity index (χ4n) is 4.78. The first-order chi connectivity index (χ1) is 11.8. The topological polar surface area (TPSA) is 29.0 Å². The van der Waals surface area contributed by atoms with E-state index in [-0.39, 0.29) is 0 Å². The van der Waals surface area contributed by atoms with Gasteiger partial charge in [0.1, 0.15) is 0 Å². The van der Waals surface area contributed by atoms with Gasteiger partial charge in [0.05, 0.1) is 0 Å². The van der Waals surface area contributed by atoms with E-state index in [0.717, 1.165) is 19.1 Å². The van der Waals surface area contributed by atoms with Crippen molar-refractivity contribution in [2.24, 2.45) is 5.41 Å². The summed E-state index contributed by atoms with van der Waals surface area (Å²) >= 11 is 0. The molecule has 0 amide bonds. The predicted molar refractivity (Wildman–Crippen MR) is 101 cm³/mol. The highest BCUT2D eigenvalue weighted by Gasteiger charge is 2.35. The normalized spacial score (nSPS) is 21.5. The Bertz CT molecular complexity index is 644. The summed E-state index contributed by atoms with van der Waals surface area (Å²) in [6.07, 6.45) is 11.9. The first-order valence-corrected chi connectivity index (χ1v) is 9.83. The Labute approximate surface area is 145 Å². The van der Waals surface area contributed by atoms with E-state index in [1.807, 2.05) is 0 Å². The van der Waals surface area contributed by atoms with E-state index in [0.29, 0.717) is 5.41 Å². The maximum Gasteiger partial charge on any atom is 0.0480 e. The summed E-state index contributed by atoms with van der Waals surface area (Å²) in [5.74, 6) is 0. The number of rotatable bonds is 5. The number of nitrogens with one attached hydrogen (secondary N) is 2. The monoisotopic (exact) mass is 325 g/mol. The summed E-state index contributed by atoms with van der Waals surface area (Å²) in [5, 5.41) is 8.69. The predicted octanol–water partition coefficient (Wildman–Crippen LogP) is 3.93. The van der Waals surface area contributed by atoms with Crippen molar-refractivity contribution in [3.8, 4) is 0 Å². The van der Waals surface area contributed by atoms with Crippen molar-refractivity contribution in [1.29, 1.82) is 0 Å². The Kier molecular flexibility index (Phi) is 4.91. The molecule has 1 spiro atoms. The number of aryl methyl sites for hydroxylation is 1. The van der Waals surface area contributed by atoms with Gasteiger partial charge in [0.15, 0.2) is 0 Å². The molecule has 4 rings (SSSR count). The van der Waals surface area contributed by atoms with Gasteiger partial charge in [-0.25, -0.2) is 0 Å². The summed E-state index contributed by atoms with van der Waals surface area (Å²) in [7, 11) is 0. The third-order valence-corrected chi connectivity index (χ3v) is 6.40. The molecule has 3 nitrogen and oxygen atoms in total. The highest BCUT2D eigenvalue weighted by molar-refractivity contribution is 5.79. The lowest BCUT2D eigenvalue weighted by Crippen LogP contribution is -2.43. The maximum atomic E-state index is 3.83. The number of para-hydroxylation sites is 1. The Balaban J connectivity index is 1.20. The minimum absolute atomic E-state index is 0.688. The summed E-state index contributed by atoms with van der Waals surface area (Å²) in [6.45, 7) is 4.74. The van der Waals surface area contributed by atoms with E-state index in [1.54, 1.807) is 0 Å². The fraction of sp³-hybridized carbons (Fsp3) is 0.619. The molecule has 1 saturated heterocycles. The minimum atomic E-state index is 0.688. The van der Waals surface area contributed by atoms with Crippen molar-refractivity contribution in [2.75, 3.05) is 19.6 Å². The van der Waals surface area contributed by atoms with E-state index in [4.69, 9.17) is 0 Å². The van der Waals surface area contributed by atoms with Crippen LogP contribution in [0.15, 0.2) is 36.5 Å².